The SMILES string of the molecule is [c]1csc2c1N=C[N]2. The Labute approximate surface area is 50.9 Å². The topological polar surface area (TPSA) is 26.5 Å². The largest absolute Gasteiger partial charge is 0.233 e. The van der Waals surface area contributed by atoms with Crippen molar-refractivity contribution >= 4 is 28.4 Å². The minimum absolute atomic E-state index is 0.884. The molecule has 0 amide bonds. The van der Waals surface area contributed by atoms with Crippen LogP contribution in [0.5, 0.6) is 0 Å². The molecule has 0 aliphatic carbocycles. The Bertz CT molecular complexity index is 226. The molecular formula is C5H2N2S. The number of nitrogens with zero attached hydrogens (tertiary/aromatic N) is 2. The minimum atomic E-state index is 0.884. The van der Waals surface area contributed by atoms with Crippen molar-refractivity contribution < 1.29 is 0 Å². The van der Waals surface area contributed by atoms with Crippen molar-refractivity contribution in [1.82, 2.24) is 5.32 Å². The van der Waals surface area contributed by atoms with E-state index < -0.39 is 0 Å². The van der Waals surface area contributed by atoms with Crippen molar-refractivity contribution in [2.24, 2.45) is 4.99 Å². The van der Waals surface area contributed by atoms with Crippen LogP contribution < -0.4 is 5.32 Å². The van der Waals surface area contributed by atoms with Crippen LogP contribution in [0.1, 0.15) is 0 Å². The van der Waals surface area contributed by atoms with E-state index in [1.165, 1.54) is 0 Å². The summed E-state index contributed by atoms with van der Waals surface area (Å²) in [5.74, 6) is 0. The number of rotatable bonds is 0. The Kier molecular flexibility index (Phi) is 0.676. The van der Waals surface area contributed by atoms with Crippen LogP contribution >= 0.6 is 11.3 Å². The van der Waals surface area contributed by atoms with Gasteiger partial charge in [-0.05, 0) is 0 Å². The molecule has 1 aliphatic rings. The summed E-state index contributed by atoms with van der Waals surface area (Å²) in [6.07, 6.45) is 1.55. The molecule has 2 nitrogen and oxygen atoms in total. The third-order valence-electron chi connectivity index (χ3n) is 0.931. The van der Waals surface area contributed by atoms with E-state index >= 15 is 0 Å². The van der Waals surface area contributed by atoms with Gasteiger partial charge in [0.05, 0.1) is 0 Å². The number of hydrogen-bond donors (Lipinski definition) is 0. The zero-order valence-corrected chi connectivity index (χ0v) is 4.77. The predicted octanol–water partition coefficient (Wildman–Crippen LogP) is 1.46. The van der Waals surface area contributed by atoms with Crippen molar-refractivity contribution in [3.05, 3.63) is 11.4 Å². The highest BCUT2D eigenvalue weighted by Crippen LogP contribution is 2.32. The van der Waals surface area contributed by atoms with Crippen LogP contribution in [0.4, 0.5) is 10.7 Å². The van der Waals surface area contributed by atoms with E-state index in [1.807, 2.05) is 5.38 Å². The number of thiophene rings is 1. The maximum Gasteiger partial charge on any atom is 0.144 e. The van der Waals surface area contributed by atoms with Crippen LogP contribution in [0.3, 0.4) is 0 Å². The lowest BCUT2D eigenvalue weighted by atomic mass is 10.5. The van der Waals surface area contributed by atoms with Gasteiger partial charge >= 0.3 is 0 Å². The van der Waals surface area contributed by atoms with Gasteiger partial charge in [-0.25, -0.2) is 10.3 Å². The zero-order valence-electron chi connectivity index (χ0n) is 3.96. The molecule has 38 valence electrons. The Morgan fingerprint density at radius 2 is 2.62 bits per heavy atom. The molecule has 1 aromatic rings. The second-order valence-corrected chi connectivity index (χ2v) is 2.27. The monoisotopic (exact) mass is 122 g/mol. The summed E-state index contributed by atoms with van der Waals surface area (Å²) in [5.41, 5.74) is 0.884. The van der Waals surface area contributed by atoms with Gasteiger partial charge in [0.15, 0.2) is 0 Å². The van der Waals surface area contributed by atoms with Gasteiger partial charge in [-0.2, -0.15) is 0 Å². The maximum atomic E-state index is 3.95. The van der Waals surface area contributed by atoms with Crippen molar-refractivity contribution in [3.8, 4) is 0 Å². The molecule has 2 radical (unpaired) electrons. The molecule has 0 unspecified atom stereocenters. The second kappa shape index (κ2) is 1.32. The van der Waals surface area contributed by atoms with Gasteiger partial charge in [-0.15, -0.1) is 11.3 Å². The third kappa shape index (κ3) is 0.391. The summed E-state index contributed by atoms with van der Waals surface area (Å²) in [6.45, 7) is 0. The van der Waals surface area contributed by atoms with E-state index in [2.05, 4.69) is 16.4 Å². The van der Waals surface area contributed by atoms with Crippen molar-refractivity contribution in [1.29, 1.82) is 0 Å². The molecule has 3 heteroatoms. The van der Waals surface area contributed by atoms with Gasteiger partial charge in [0.2, 0.25) is 0 Å². The molecule has 2 rings (SSSR count). The van der Waals surface area contributed by atoms with E-state index in [-0.39, 0.29) is 0 Å². The van der Waals surface area contributed by atoms with Crippen LogP contribution in [0.15, 0.2) is 10.4 Å². The lowest BCUT2D eigenvalue weighted by Crippen LogP contribution is -1.80. The van der Waals surface area contributed by atoms with E-state index in [0.29, 0.717) is 0 Å². The average molecular weight is 122 g/mol. The predicted molar refractivity (Wildman–Crippen MR) is 33.1 cm³/mol. The molecule has 0 saturated carbocycles. The summed E-state index contributed by atoms with van der Waals surface area (Å²) in [4.78, 5) is 3.92. The molecule has 0 spiro atoms. The molecule has 8 heavy (non-hydrogen) atoms. The summed E-state index contributed by atoms with van der Waals surface area (Å²) in [5, 5.41) is 6.80. The third-order valence-corrected chi connectivity index (χ3v) is 1.69. The molecule has 0 atom stereocenters. The van der Waals surface area contributed by atoms with Crippen LogP contribution in [-0.4, -0.2) is 6.34 Å². The Balaban J connectivity index is 2.67. The van der Waals surface area contributed by atoms with Gasteiger partial charge in [0.25, 0.3) is 0 Å². The average Bonchev–Trinajstić information content (AvgIpc) is 2.15. The number of fused-ring (bicyclic) bond motifs is 1. The van der Waals surface area contributed by atoms with Gasteiger partial charge in [-0.3, -0.25) is 0 Å². The number of hydrogen-bond acceptors (Lipinski definition) is 2. The Morgan fingerprint density at radius 3 is 3.50 bits per heavy atom. The molecule has 1 aliphatic heterocycles. The van der Waals surface area contributed by atoms with Crippen LogP contribution in [0.2, 0.25) is 0 Å². The van der Waals surface area contributed by atoms with Crippen molar-refractivity contribution in [3.63, 3.8) is 0 Å². The molecule has 0 fully saturated rings. The molecule has 0 saturated heterocycles. The first kappa shape index (κ1) is 4.09. The Hall–Kier alpha value is -0.830. The minimum Gasteiger partial charge on any atom is -0.233 e. The highest BCUT2D eigenvalue weighted by atomic mass is 32.1. The fourth-order valence-corrected chi connectivity index (χ4v) is 1.20. The van der Waals surface area contributed by atoms with E-state index in [1.54, 1.807) is 17.7 Å². The zero-order chi connectivity index (χ0) is 5.40. The maximum absolute atomic E-state index is 3.95. The lowest BCUT2D eigenvalue weighted by molar-refractivity contribution is 1.41. The number of aliphatic imine (C=N–C) groups is 1. The molecule has 0 bridgehead atoms. The molecule has 0 N–H and O–H groups in total. The van der Waals surface area contributed by atoms with E-state index in [0.717, 1.165) is 10.7 Å². The van der Waals surface area contributed by atoms with Crippen molar-refractivity contribution in [2.45, 2.75) is 0 Å². The summed E-state index contributed by atoms with van der Waals surface area (Å²) in [6, 6.07) is 2.94. The normalized spacial score (nSPS) is 13.5. The summed E-state index contributed by atoms with van der Waals surface area (Å²) < 4.78 is 0. The molecule has 2 heterocycles. The van der Waals surface area contributed by atoms with Gasteiger partial charge in [-0.1, -0.05) is 0 Å². The molecular weight excluding hydrogens is 120 g/mol. The molecule has 1 aromatic heterocycles. The smallest absolute Gasteiger partial charge is 0.144 e. The fourth-order valence-electron chi connectivity index (χ4n) is 0.582. The van der Waals surface area contributed by atoms with Crippen LogP contribution in [0, 0.1) is 6.07 Å². The van der Waals surface area contributed by atoms with Gasteiger partial charge in [0.1, 0.15) is 17.0 Å². The van der Waals surface area contributed by atoms with E-state index in [4.69, 9.17) is 0 Å². The first-order chi connectivity index (χ1) is 3.97. The second-order valence-electron chi connectivity index (χ2n) is 1.41. The van der Waals surface area contributed by atoms with Gasteiger partial charge < -0.3 is 0 Å². The lowest BCUT2D eigenvalue weighted by Gasteiger charge is -1.77. The summed E-state index contributed by atoms with van der Waals surface area (Å²) >= 11 is 1.56. The first-order valence-corrected chi connectivity index (χ1v) is 3.07. The first-order valence-electron chi connectivity index (χ1n) is 2.19. The van der Waals surface area contributed by atoms with Crippen molar-refractivity contribution in [2.75, 3.05) is 0 Å². The van der Waals surface area contributed by atoms with Crippen LogP contribution in [-0.2, 0) is 0 Å². The van der Waals surface area contributed by atoms with E-state index in [9.17, 15) is 0 Å². The summed E-state index contributed by atoms with van der Waals surface area (Å²) in [7, 11) is 0. The van der Waals surface area contributed by atoms with Crippen LogP contribution in [0.25, 0.3) is 0 Å². The molecule has 0 aromatic carbocycles. The fraction of sp³-hybridized carbons (Fsp3) is 0. The highest BCUT2D eigenvalue weighted by molar-refractivity contribution is 7.14. The van der Waals surface area contributed by atoms with Gasteiger partial charge in [0, 0.05) is 11.4 Å². The Morgan fingerprint density at radius 1 is 1.62 bits per heavy atom. The quantitative estimate of drug-likeness (QED) is 0.498. The standard InChI is InChI=1S/C5H2N2S/c1-2-8-5-4(1)6-3-7-5/h2-3H. The highest BCUT2D eigenvalue weighted by Gasteiger charge is 2.06.